The SMILES string of the molecule is CC(=CC[SiH3])C(=O)OC(O[Si](C)(C)C)O[Si](C)(C)C. The van der Waals surface area contributed by atoms with E-state index in [1.54, 1.807) is 6.92 Å². The monoisotopic (exact) mass is 320 g/mol. The third-order valence-electron chi connectivity index (χ3n) is 1.94. The molecule has 0 atom stereocenters. The molecule has 0 radical (unpaired) electrons. The van der Waals surface area contributed by atoms with E-state index in [4.69, 9.17) is 13.6 Å². The first-order valence-electron chi connectivity index (χ1n) is 6.68. The Balaban J connectivity index is 4.77. The molecule has 112 valence electrons. The summed E-state index contributed by atoms with van der Waals surface area (Å²) in [7, 11) is -2.63. The molecule has 0 amide bonds. The summed E-state index contributed by atoms with van der Waals surface area (Å²) in [5, 5.41) is 0. The van der Waals surface area contributed by atoms with Crippen molar-refractivity contribution in [3.63, 3.8) is 0 Å². The zero-order valence-electron chi connectivity index (χ0n) is 13.5. The summed E-state index contributed by atoms with van der Waals surface area (Å²) in [6.07, 6.45) is 1.90. The van der Waals surface area contributed by atoms with Crippen molar-refractivity contribution >= 4 is 32.8 Å². The number of ether oxygens (including phenoxy) is 1. The van der Waals surface area contributed by atoms with Crippen LogP contribution in [0.3, 0.4) is 0 Å². The molecule has 0 rings (SSSR count). The highest BCUT2D eigenvalue weighted by Gasteiger charge is 2.29. The standard InChI is InChI=1S/C12H28O4Si3/c1-10(8-9-17)11(13)14-12(15-18(2,3)4)16-19(5,6)7/h8,12H,9H2,1-7,17H3. The molecular formula is C12H28O4Si3. The van der Waals surface area contributed by atoms with Crippen LogP contribution in [0, 0.1) is 0 Å². The van der Waals surface area contributed by atoms with E-state index < -0.39 is 23.1 Å². The minimum Gasteiger partial charge on any atom is -0.409 e. The molecule has 0 aromatic heterocycles. The molecule has 0 heterocycles. The fourth-order valence-corrected chi connectivity index (χ4v) is 3.28. The Morgan fingerprint density at radius 2 is 1.53 bits per heavy atom. The van der Waals surface area contributed by atoms with Crippen LogP contribution in [-0.2, 0) is 18.4 Å². The van der Waals surface area contributed by atoms with Gasteiger partial charge in [0.1, 0.15) is 0 Å². The number of esters is 1. The van der Waals surface area contributed by atoms with Crippen molar-refractivity contribution in [1.82, 2.24) is 0 Å². The molecule has 7 heteroatoms. The number of allylic oxidation sites excluding steroid dienone is 1. The second kappa shape index (κ2) is 7.53. The summed E-state index contributed by atoms with van der Waals surface area (Å²) in [5.41, 5.74) is 0.623. The first-order valence-corrected chi connectivity index (χ1v) is 14.9. The van der Waals surface area contributed by atoms with Gasteiger partial charge in [-0.05, 0) is 52.2 Å². The van der Waals surface area contributed by atoms with Crippen LogP contribution in [0.1, 0.15) is 6.92 Å². The maximum Gasteiger partial charge on any atom is 0.337 e. The summed E-state index contributed by atoms with van der Waals surface area (Å²) < 4.78 is 17.0. The lowest BCUT2D eigenvalue weighted by Crippen LogP contribution is -2.42. The van der Waals surface area contributed by atoms with Gasteiger partial charge >= 0.3 is 5.97 Å². The minimum absolute atomic E-state index is 0.350. The zero-order chi connectivity index (χ0) is 15.3. The maximum atomic E-state index is 11.9. The van der Waals surface area contributed by atoms with Crippen LogP contribution < -0.4 is 0 Å². The Labute approximate surface area is 122 Å². The average molecular weight is 321 g/mol. The molecule has 0 aliphatic heterocycles. The van der Waals surface area contributed by atoms with E-state index in [9.17, 15) is 4.79 Å². The highest BCUT2D eigenvalue weighted by Crippen LogP contribution is 2.16. The smallest absolute Gasteiger partial charge is 0.337 e. The van der Waals surface area contributed by atoms with Gasteiger partial charge in [0, 0.05) is 15.8 Å². The largest absolute Gasteiger partial charge is 0.409 e. The third-order valence-corrected chi connectivity index (χ3v) is 4.14. The van der Waals surface area contributed by atoms with Gasteiger partial charge in [-0.3, -0.25) is 0 Å². The van der Waals surface area contributed by atoms with Crippen molar-refractivity contribution in [1.29, 1.82) is 0 Å². The van der Waals surface area contributed by atoms with E-state index >= 15 is 0 Å². The molecule has 0 spiro atoms. The molecule has 0 aromatic rings. The lowest BCUT2D eigenvalue weighted by Gasteiger charge is -2.30. The van der Waals surface area contributed by atoms with Crippen molar-refractivity contribution in [3.8, 4) is 0 Å². The number of carbonyl (C=O) groups excluding carboxylic acids is 1. The Hall–Kier alpha value is -0.219. The molecule has 4 nitrogen and oxygen atoms in total. The normalized spacial score (nSPS) is 14.0. The Morgan fingerprint density at radius 3 is 1.84 bits per heavy atom. The van der Waals surface area contributed by atoms with E-state index in [1.165, 1.54) is 0 Å². The average Bonchev–Trinajstić information content (AvgIpc) is 2.11. The van der Waals surface area contributed by atoms with Crippen LogP contribution in [0.15, 0.2) is 11.6 Å². The summed E-state index contributed by atoms with van der Waals surface area (Å²) in [4.78, 5) is 11.9. The summed E-state index contributed by atoms with van der Waals surface area (Å²) in [6.45, 7) is 13.2. The molecule has 0 aliphatic rings. The van der Waals surface area contributed by atoms with Crippen molar-refractivity contribution in [3.05, 3.63) is 11.6 Å². The summed E-state index contributed by atoms with van der Waals surface area (Å²) in [6, 6.07) is 0.940. The molecule has 0 aliphatic carbocycles. The van der Waals surface area contributed by atoms with Gasteiger partial charge in [0.25, 0.3) is 6.48 Å². The van der Waals surface area contributed by atoms with Crippen LogP contribution in [-0.4, -0.2) is 39.3 Å². The van der Waals surface area contributed by atoms with Gasteiger partial charge in [-0.25, -0.2) is 4.79 Å². The van der Waals surface area contributed by atoms with Crippen LogP contribution in [0.2, 0.25) is 45.3 Å². The quantitative estimate of drug-likeness (QED) is 0.312. The van der Waals surface area contributed by atoms with E-state index in [1.807, 2.05) is 45.4 Å². The lowest BCUT2D eigenvalue weighted by atomic mass is 10.3. The molecule has 19 heavy (non-hydrogen) atoms. The third kappa shape index (κ3) is 10.3. The van der Waals surface area contributed by atoms with Crippen LogP contribution >= 0.6 is 0 Å². The molecule has 0 unspecified atom stereocenters. The van der Waals surface area contributed by atoms with Gasteiger partial charge in [-0.15, -0.1) is 0 Å². The van der Waals surface area contributed by atoms with Crippen molar-refractivity contribution in [2.24, 2.45) is 0 Å². The lowest BCUT2D eigenvalue weighted by molar-refractivity contribution is -0.209. The van der Waals surface area contributed by atoms with Crippen molar-refractivity contribution in [2.45, 2.75) is 58.7 Å². The van der Waals surface area contributed by atoms with Crippen LogP contribution in [0.4, 0.5) is 0 Å². The maximum absolute atomic E-state index is 11.9. The fraction of sp³-hybridized carbons (Fsp3) is 0.750. The number of hydrogen-bond donors (Lipinski definition) is 0. The van der Waals surface area contributed by atoms with E-state index in [-0.39, 0.29) is 5.97 Å². The topological polar surface area (TPSA) is 44.8 Å². The van der Waals surface area contributed by atoms with Gasteiger partial charge in [0.05, 0.1) is 0 Å². The second-order valence-electron chi connectivity index (χ2n) is 6.45. The van der Waals surface area contributed by atoms with Gasteiger partial charge in [0.15, 0.2) is 16.6 Å². The molecule has 0 fully saturated rings. The Bertz CT molecular complexity index is 313. The van der Waals surface area contributed by atoms with Gasteiger partial charge in [-0.1, -0.05) is 6.08 Å². The van der Waals surface area contributed by atoms with Crippen LogP contribution in [0.5, 0.6) is 0 Å². The second-order valence-corrected chi connectivity index (χ2v) is 16.2. The molecule has 0 bridgehead atoms. The van der Waals surface area contributed by atoms with E-state index in [0.29, 0.717) is 5.57 Å². The van der Waals surface area contributed by atoms with Crippen molar-refractivity contribution in [2.75, 3.05) is 0 Å². The van der Waals surface area contributed by atoms with Gasteiger partial charge < -0.3 is 13.6 Å². The first-order chi connectivity index (χ1) is 8.44. The van der Waals surface area contributed by atoms with Crippen LogP contribution in [0.25, 0.3) is 0 Å². The van der Waals surface area contributed by atoms with Gasteiger partial charge in [0.2, 0.25) is 0 Å². The Morgan fingerprint density at radius 1 is 1.11 bits per heavy atom. The summed E-state index contributed by atoms with van der Waals surface area (Å²) in [5.74, 6) is -0.350. The molecule has 0 saturated carbocycles. The molecular weight excluding hydrogens is 292 g/mol. The number of carbonyl (C=O) groups is 1. The minimum atomic E-state index is -1.83. The predicted octanol–water partition coefficient (Wildman–Crippen LogP) is 2.25. The number of hydrogen-bond acceptors (Lipinski definition) is 4. The number of rotatable bonds is 7. The Kier molecular flexibility index (Phi) is 7.45. The highest BCUT2D eigenvalue weighted by atomic mass is 28.4. The summed E-state index contributed by atoms with van der Waals surface area (Å²) >= 11 is 0. The zero-order valence-corrected chi connectivity index (χ0v) is 17.5. The first kappa shape index (κ1) is 18.8. The van der Waals surface area contributed by atoms with Gasteiger partial charge in [-0.2, -0.15) is 0 Å². The van der Waals surface area contributed by atoms with E-state index in [0.717, 1.165) is 16.3 Å². The predicted molar refractivity (Wildman–Crippen MR) is 87.2 cm³/mol. The molecule has 0 aromatic carbocycles. The molecule has 0 saturated heterocycles. The fourth-order valence-electron chi connectivity index (χ4n) is 1.22. The van der Waals surface area contributed by atoms with Crippen molar-refractivity contribution < 1.29 is 18.4 Å². The highest BCUT2D eigenvalue weighted by molar-refractivity contribution is 6.70. The van der Waals surface area contributed by atoms with E-state index in [2.05, 4.69) is 0 Å². The molecule has 0 N–H and O–H groups in total.